The zero-order valence-corrected chi connectivity index (χ0v) is 17.4. The van der Waals surface area contributed by atoms with Gasteiger partial charge < -0.3 is 9.64 Å². The van der Waals surface area contributed by atoms with Gasteiger partial charge in [-0.1, -0.05) is 31.5 Å². The standard InChI is InChI=1S/C19H28N2O5S/c1-13(2)19(23)26-12-17(22)20-6-8-21(9-7-20)27(24,25)18-15(4)10-14(3)11-16(18)5/h10-11,13H,6-9,12H2,1-5H3. The van der Waals surface area contributed by atoms with Crippen LogP contribution in [-0.4, -0.2) is 62.3 Å². The van der Waals surface area contributed by atoms with E-state index in [4.69, 9.17) is 4.74 Å². The second-order valence-electron chi connectivity index (χ2n) is 7.28. The van der Waals surface area contributed by atoms with E-state index in [2.05, 4.69) is 0 Å². The van der Waals surface area contributed by atoms with E-state index in [0.29, 0.717) is 4.90 Å². The largest absolute Gasteiger partial charge is 0.455 e. The van der Waals surface area contributed by atoms with Gasteiger partial charge in [-0.15, -0.1) is 0 Å². The van der Waals surface area contributed by atoms with Gasteiger partial charge in [0.15, 0.2) is 6.61 Å². The molecule has 0 N–H and O–H groups in total. The predicted octanol–water partition coefficient (Wildman–Crippen LogP) is 1.64. The lowest BCUT2D eigenvalue weighted by molar-refractivity contribution is -0.155. The van der Waals surface area contributed by atoms with Gasteiger partial charge in [-0.25, -0.2) is 8.42 Å². The summed E-state index contributed by atoms with van der Waals surface area (Å²) in [6, 6.07) is 3.73. The molecule has 1 aliphatic heterocycles. The highest BCUT2D eigenvalue weighted by atomic mass is 32.2. The Hall–Kier alpha value is -1.93. The number of sulfonamides is 1. The number of hydrogen-bond acceptors (Lipinski definition) is 5. The molecule has 0 bridgehead atoms. The summed E-state index contributed by atoms with van der Waals surface area (Å²) < 4.78 is 32.5. The molecule has 1 saturated heterocycles. The minimum Gasteiger partial charge on any atom is -0.455 e. The molecule has 1 aliphatic rings. The number of benzene rings is 1. The molecule has 8 heteroatoms. The molecule has 1 fully saturated rings. The summed E-state index contributed by atoms with van der Waals surface area (Å²) in [6.45, 7) is 9.63. The summed E-state index contributed by atoms with van der Waals surface area (Å²) in [5.41, 5.74) is 2.48. The lowest BCUT2D eigenvalue weighted by Crippen LogP contribution is -2.51. The van der Waals surface area contributed by atoms with E-state index < -0.39 is 16.0 Å². The number of esters is 1. The molecule has 27 heavy (non-hydrogen) atoms. The van der Waals surface area contributed by atoms with Gasteiger partial charge in [0.25, 0.3) is 5.91 Å². The number of rotatable bonds is 5. The van der Waals surface area contributed by atoms with Crippen LogP contribution in [0.3, 0.4) is 0 Å². The Labute approximate surface area is 161 Å². The molecule has 0 atom stereocenters. The quantitative estimate of drug-likeness (QED) is 0.707. The minimum absolute atomic E-state index is 0.221. The average molecular weight is 397 g/mol. The Morgan fingerprint density at radius 1 is 1.04 bits per heavy atom. The molecule has 0 radical (unpaired) electrons. The zero-order valence-electron chi connectivity index (χ0n) is 16.6. The van der Waals surface area contributed by atoms with Crippen LogP contribution in [0, 0.1) is 26.7 Å². The first-order valence-electron chi connectivity index (χ1n) is 9.06. The van der Waals surface area contributed by atoms with Crippen LogP contribution in [-0.2, 0) is 24.3 Å². The lowest BCUT2D eigenvalue weighted by Gasteiger charge is -2.34. The molecule has 0 aromatic heterocycles. The Morgan fingerprint density at radius 3 is 2.04 bits per heavy atom. The number of hydrogen-bond donors (Lipinski definition) is 0. The van der Waals surface area contributed by atoms with Crippen LogP contribution in [0.5, 0.6) is 0 Å². The smallest absolute Gasteiger partial charge is 0.308 e. The molecule has 0 aliphatic carbocycles. The molecule has 1 heterocycles. The second-order valence-corrected chi connectivity index (χ2v) is 9.15. The van der Waals surface area contributed by atoms with E-state index in [1.54, 1.807) is 27.7 Å². The van der Waals surface area contributed by atoms with E-state index >= 15 is 0 Å². The highest BCUT2D eigenvalue weighted by Crippen LogP contribution is 2.26. The Kier molecular flexibility index (Phi) is 6.64. The first kappa shape index (κ1) is 21.4. The van der Waals surface area contributed by atoms with Crippen LogP contribution in [0.4, 0.5) is 0 Å². The number of nitrogens with zero attached hydrogens (tertiary/aromatic N) is 2. The third kappa shape index (κ3) is 4.87. The Morgan fingerprint density at radius 2 is 1.56 bits per heavy atom. The van der Waals surface area contributed by atoms with E-state index in [0.717, 1.165) is 16.7 Å². The van der Waals surface area contributed by atoms with E-state index in [1.807, 2.05) is 19.1 Å². The number of carbonyl (C=O) groups excluding carboxylic acids is 2. The van der Waals surface area contributed by atoms with Crippen molar-refractivity contribution in [1.29, 1.82) is 0 Å². The van der Waals surface area contributed by atoms with Gasteiger partial charge in [0.1, 0.15) is 0 Å². The maximum Gasteiger partial charge on any atom is 0.308 e. The van der Waals surface area contributed by atoms with E-state index in [1.165, 1.54) is 9.21 Å². The summed E-state index contributed by atoms with van der Waals surface area (Å²) in [7, 11) is -3.62. The highest BCUT2D eigenvalue weighted by molar-refractivity contribution is 7.89. The van der Waals surface area contributed by atoms with Crippen molar-refractivity contribution in [2.24, 2.45) is 5.92 Å². The van der Waals surface area contributed by atoms with Crippen molar-refractivity contribution in [2.75, 3.05) is 32.8 Å². The maximum absolute atomic E-state index is 13.1. The third-order valence-electron chi connectivity index (χ3n) is 4.60. The fourth-order valence-corrected chi connectivity index (χ4v) is 5.11. The van der Waals surface area contributed by atoms with Crippen LogP contribution < -0.4 is 0 Å². The van der Waals surface area contributed by atoms with Crippen LogP contribution in [0.15, 0.2) is 17.0 Å². The van der Waals surface area contributed by atoms with Gasteiger partial charge in [0.2, 0.25) is 10.0 Å². The summed E-state index contributed by atoms with van der Waals surface area (Å²) in [6.07, 6.45) is 0. The molecule has 0 unspecified atom stereocenters. The van der Waals surface area contributed by atoms with Crippen LogP contribution in [0.2, 0.25) is 0 Å². The molecular formula is C19H28N2O5S. The number of amides is 1. The van der Waals surface area contributed by atoms with Gasteiger partial charge in [0.05, 0.1) is 10.8 Å². The molecule has 1 aromatic carbocycles. The molecule has 0 saturated carbocycles. The fourth-order valence-electron chi connectivity index (χ4n) is 3.27. The van der Waals surface area contributed by atoms with Gasteiger partial charge in [-0.05, 0) is 31.9 Å². The number of carbonyl (C=O) groups is 2. The predicted molar refractivity (Wildman–Crippen MR) is 102 cm³/mol. The van der Waals surface area contributed by atoms with Gasteiger partial charge in [0, 0.05) is 26.2 Å². The number of piperazine rings is 1. The van der Waals surface area contributed by atoms with Crippen molar-refractivity contribution in [2.45, 2.75) is 39.5 Å². The first-order chi connectivity index (χ1) is 12.5. The van der Waals surface area contributed by atoms with E-state index in [-0.39, 0.29) is 44.6 Å². The topological polar surface area (TPSA) is 84.0 Å². The normalized spacial score (nSPS) is 15.9. The lowest BCUT2D eigenvalue weighted by atomic mass is 10.1. The van der Waals surface area contributed by atoms with Gasteiger partial charge in [-0.3, -0.25) is 9.59 Å². The molecule has 1 aromatic rings. The summed E-state index contributed by atoms with van der Waals surface area (Å²) in [4.78, 5) is 25.5. The zero-order chi connectivity index (χ0) is 20.4. The molecule has 7 nitrogen and oxygen atoms in total. The molecule has 150 valence electrons. The van der Waals surface area contributed by atoms with E-state index in [9.17, 15) is 18.0 Å². The molecule has 1 amide bonds. The van der Waals surface area contributed by atoms with Gasteiger partial charge >= 0.3 is 5.97 Å². The van der Waals surface area contributed by atoms with Crippen molar-refractivity contribution in [3.8, 4) is 0 Å². The summed E-state index contributed by atoms with van der Waals surface area (Å²) in [5.74, 6) is -1.01. The average Bonchev–Trinajstić information content (AvgIpc) is 2.58. The second kappa shape index (κ2) is 8.39. The van der Waals surface area contributed by atoms with Crippen LogP contribution in [0.25, 0.3) is 0 Å². The van der Waals surface area contributed by atoms with Crippen molar-refractivity contribution >= 4 is 21.9 Å². The number of ether oxygens (including phenoxy) is 1. The minimum atomic E-state index is -3.62. The SMILES string of the molecule is Cc1cc(C)c(S(=O)(=O)N2CCN(C(=O)COC(=O)C(C)C)CC2)c(C)c1. The first-order valence-corrected chi connectivity index (χ1v) is 10.5. The molecular weight excluding hydrogens is 368 g/mol. The van der Waals surface area contributed by atoms with Crippen molar-refractivity contribution in [3.05, 3.63) is 28.8 Å². The van der Waals surface area contributed by atoms with Crippen molar-refractivity contribution in [3.63, 3.8) is 0 Å². The van der Waals surface area contributed by atoms with Crippen molar-refractivity contribution in [1.82, 2.24) is 9.21 Å². The van der Waals surface area contributed by atoms with Crippen LogP contribution in [0.1, 0.15) is 30.5 Å². The Balaban J connectivity index is 2.03. The van der Waals surface area contributed by atoms with Crippen LogP contribution >= 0.6 is 0 Å². The summed E-state index contributed by atoms with van der Waals surface area (Å²) >= 11 is 0. The van der Waals surface area contributed by atoms with Crippen molar-refractivity contribution < 1.29 is 22.7 Å². The summed E-state index contributed by atoms with van der Waals surface area (Å²) in [5, 5.41) is 0. The highest BCUT2D eigenvalue weighted by Gasteiger charge is 2.32. The third-order valence-corrected chi connectivity index (χ3v) is 6.81. The Bertz CT molecular complexity index is 801. The monoisotopic (exact) mass is 396 g/mol. The molecule has 0 spiro atoms. The maximum atomic E-state index is 13.1. The fraction of sp³-hybridized carbons (Fsp3) is 0.579. The van der Waals surface area contributed by atoms with Gasteiger partial charge in [-0.2, -0.15) is 4.31 Å². The number of aryl methyl sites for hydroxylation is 3. The molecule has 2 rings (SSSR count).